The molecule has 0 radical (unpaired) electrons. The lowest BCUT2D eigenvalue weighted by Crippen LogP contribution is -2.30. The molecule has 100 valence electrons. The van der Waals surface area contributed by atoms with E-state index < -0.39 is 0 Å². The van der Waals surface area contributed by atoms with Gasteiger partial charge in [-0.25, -0.2) is 0 Å². The van der Waals surface area contributed by atoms with Gasteiger partial charge in [0, 0.05) is 13.6 Å². The number of hydrogen-bond donors (Lipinski definition) is 0. The summed E-state index contributed by atoms with van der Waals surface area (Å²) in [5.41, 5.74) is 1.12. The van der Waals surface area contributed by atoms with E-state index in [0.29, 0.717) is 12.3 Å². The summed E-state index contributed by atoms with van der Waals surface area (Å²) in [7, 11) is 1.78. The van der Waals surface area contributed by atoms with Gasteiger partial charge in [-0.15, -0.1) is 11.3 Å². The minimum absolute atomic E-state index is 0.0359. The van der Waals surface area contributed by atoms with Crippen LogP contribution in [0.1, 0.15) is 5.56 Å². The fourth-order valence-corrected chi connectivity index (χ4v) is 2.76. The number of nitrogens with zero attached hydrogens (tertiary/aromatic N) is 1. The summed E-state index contributed by atoms with van der Waals surface area (Å²) in [6, 6.07) is 11.4. The fraction of sp³-hybridized carbons (Fsp3) is 0.214. The van der Waals surface area contributed by atoms with E-state index in [2.05, 4.69) is 15.9 Å². The van der Waals surface area contributed by atoms with Crippen molar-refractivity contribution < 1.29 is 9.53 Å². The van der Waals surface area contributed by atoms with Crippen molar-refractivity contribution in [2.24, 2.45) is 0 Å². The third kappa shape index (κ3) is 4.36. The van der Waals surface area contributed by atoms with E-state index in [4.69, 9.17) is 4.74 Å². The molecule has 1 heterocycles. The number of hydrogen-bond acceptors (Lipinski definition) is 3. The van der Waals surface area contributed by atoms with Crippen LogP contribution in [0.3, 0.4) is 0 Å². The van der Waals surface area contributed by atoms with Gasteiger partial charge in [0.05, 0.1) is 3.79 Å². The molecular formula is C14H14BrNO2S. The molecule has 0 saturated carbocycles. The summed E-state index contributed by atoms with van der Waals surface area (Å²) in [5.74, 6) is 0.675. The van der Waals surface area contributed by atoms with Crippen molar-refractivity contribution in [3.63, 3.8) is 0 Å². The van der Waals surface area contributed by atoms with Crippen molar-refractivity contribution in [3.8, 4) is 5.75 Å². The highest BCUT2D eigenvalue weighted by molar-refractivity contribution is 9.11. The van der Waals surface area contributed by atoms with E-state index in [-0.39, 0.29) is 12.5 Å². The minimum atomic E-state index is -0.0359. The first-order chi connectivity index (χ1) is 9.15. The largest absolute Gasteiger partial charge is 0.484 e. The number of halogens is 1. The van der Waals surface area contributed by atoms with E-state index in [9.17, 15) is 4.79 Å². The number of benzene rings is 1. The first-order valence-electron chi connectivity index (χ1n) is 5.80. The molecule has 2 rings (SSSR count). The molecule has 3 nitrogen and oxygen atoms in total. The van der Waals surface area contributed by atoms with Gasteiger partial charge >= 0.3 is 0 Å². The van der Waals surface area contributed by atoms with E-state index >= 15 is 0 Å². The molecule has 1 aromatic carbocycles. The molecule has 0 unspecified atom stereocenters. The van der Waals surface area contributed by atoms with Crippen LogP contribution in [0.4, 0.5) is 0 Å². The molecule has 19 heavy (non-hydrogen) atoms. The van der Waals surface area contributed by atoms with Crippen LogP contribution in [0, 0.1) is 0 Å². The Balaban J connectivity index is 1.82. The molecule has 0 fully saturated rings. The van der Waals surface area contributed by atoms with Gasteiger partial charge in [0.25, 0.3) is 5.91 Å². The van der Waals surface area contributed by atoms with Crippen LogP contribution in [-0.2, 0) is 11.3 Å². The van der Waals surface area contributed by atoms with Gasteiger partial charge in [-0.1, -0.05) is 18.2 Å². The van der Waals surface area contributed by atoms with E-state index in [1.54, 1.807) is 23.3 Å². The van der Waals surface area contributed by atoms with E-state index in [0.717, 1.165) is 9.35 Å². The number of amides is 1. The number of likely N-dealkylation sites (N-methyl/N-ethyl adjacent to an activating group) is 1. The van der Waals surface area contributed by atoms with Crippen molar-refractivity contribution in [1.29, 1.82) is 0 Å². The van der Waals surface area contributed by atoms with Crippen molar-refractivity contribution >= 4 is 33.2 Å². The van der Waals surface area contributed by atoms with Crippen molar-refractivity contribution in [2.45, 2.75) is 6.54 Å². The maximum atomic E-state index is 11.9. The normalized spacial score (nSPS) is 10.2. The zero-order valence-electron chi connectivity index (χ0n) is 10.5. The Morgan fingerprint density at radius 3 is 2.74 bits per heavy atom. The quantitative estimate of drug-likeness (QED) is 0.833. The smallest absolute Gasteiger partial charge is 0.260 e. The summed E-state index contributed by atoms with van der Waals surface area (Å²) in [6.45, 7) is 0.658. The molecular weight excluding hydrogens is 326 g/mol. The van der Waals surface area contributed by atoms with Gasteiger partial charge in [0.2, 0.25) is 0 Å². The minimum Gasteiger partial charge on any atom is -0.484 e. The molecule has 0 aliphatic heterocycles. The highest BCUT2D eigenvalue weighted by atomic mass is 79.9. The Labute approximate surface area is 124 Å². The van der Waals surface area contributed by atoms with Crippen LogP contribution < -0.4 is 4.74 Å². The molecule has 1 aromatic heterocycles. The first-order valence-corrected chi connectivity index (χ1v) is 7.47. The third-order valence-electron chi connectivity index (χ3n) is 2.57. The monoisotopic (exact) mass is 339 g/mol. The van der Waals surface area contributed by atoms with Crippen molar-refractivity contribution in [2.75, 3.05) is 13.7 Å². The SMILES string of the molecule is CN(Cc1csc(Br)c1)C(=O)COc1ccccc1. The van der Waals surface area contributed by atoms with Crippen LogP contribution in [-0.4, -0.2) is 24.5 Å². The second-order valence-corrected chi connectivity index (χ2v) is 6.40. The van der Waals surface area contributed by atoms with Gasteiger partial charge in [-0.3, -0.25) is 4.79 Å². The number of thiophene rings is 1. The average Bonchev–Trinajstić information content (AvgIpc) is 2.82. The second-order valence-electron chi connectivity index (χ2n) is 4.11. The summed E-state index contributed by atoms with van der Waals surface area (Å²) in [6.07, 6.45) is 0. The molecule has 0 aliphatic carbocycles. The van der Waals surface area contributed by atoms with Crippen molar-refractivity contribution in [3.05, 3.63) is 51.1 Å². The molecule has 2 aromatic rings. The topological polar surface area (TPSA) is 29.5 Å². The maximum absolute atomic E-state index is 11.9. The standard InChI is InChI=1S/C14H14BrNO2S/c1-16(8-11-7-13(15)19-10-11)14(17)9-18-12-5-3-2-4-6-12/h2-7,10H,8-9H2,1H3. The number of ether oxygens (including phenoxy) is 1. The molecule has 0 atom stereocenters. The van der Waals surface area contributed by atoms with Gasteiger partial charge in [0.15, 0.2) is 6.61 Å². The Kier molecular flexibility index (Phi) is 4.99. The molecule has 0 N–H and O–H groups in total. The Morgan fingerprint density at radius 1 is 1.37 bits per heavy atom. The molecule has 0 spiro atoms. The predicted molar refractivity (Wildman–Crippen MR) is 80.4 cm³/mol. The zero-order chi connectivity index (χ0) is 13.7. The lowest BCUT2D eigenvalue weighted by molar-refractivity contribution is -0.132. The highest BCUT2D eigenvalue weighted by Crippen LogP contribution is 2.21. The Hall–Kier alpha value is -1.33. The molecule has 0 saturated heterocycles. The number of carbonyl (C=O) groups excluding carboxylic acids is 1. The summed E-state index contributed by atoms with van der Waals surface area (Å²) >= 11 is 5.03. The van der Waals surface area contributed by atoms with Crippen LogP contribution in [0.15, 0.2) is 45.6 Å². The number of para-hydroxylation sites is 1. The van der Waals surface area contributed by atoms with E-state index in [1.807, 2.05) is 41.8 Å². The number of carbonyl (C=O) groups is 1. The van der Waals surface area contributed by atoms with Crippen LogP contribution in [0.2, 0.25) is 0 Å². The lowest BCUT2D eigenvalue weighted by atomic mass is 10.3. The van der Waals surface area contributed by atoms with Gasteiger partial charge in [-0.05, 0) is 45.1 Å². The number of rotatable bonds is 5. The molecule has 1 amide bonds. The Morgan fingerprint density at radius 2 is 2.11 bits per heavy atom. The predicted octanol–water partition coefficient (Wildman–Crippen LogP) is 3.55. The average molecular weight is 340 g/mol. The third-order valence-corrected chi connectivity index (χ3v) is 4.13. The van der Waals surface area contributed by atoms with E-state index in [1.165, 1.54) is 0 Å². The highest BCUT2D eigenvalue weighted by Gasteiger charge is 2.10. The van der Waals surface area contributed by atoms with Crippen LogP contribution in [0.5, 0.6) is 5.75 Å². The fourth-order valence-electron chi connectivity index (χ4n) is 1.56. The Bertz CT molecular complexity index is 541. The molecule has 5 heteroatoms. The van der Waals surface area contributed by atoms with Gasteiger partial charge in [0.1, 0.15) is 5.75 Å². The molecule has 0 bridgehead atoms. The van der Waals surface area contributed by atoms with Crippen molar-refractivity contribution in [1.82, 2.24) is 4.90 Å². The summed E-state index contributed by atoms with van der Waals surface area (Å²) in [5, 5.41) is 2.03. The second kappa shape index (κ2) is 6.73. The maximum Gasteiger partial charge on any atom is 0.260 e. The van der Waals surface area contributed by atoms with Crippen LogP contribution in [0.25, 0.3) is 0 Å². The molecule has 0 aliphatic rings. The first kappa shape index (κ1) is 14.1. The zero-order valence-corrected chi connectivity index (χ0v) is 12.9. The van der Waals surface area contributed by atoms with Crippen LogP contribution >= 0.6 is 27.3 Å². The van der Waals surface area contributed by atoms with Gasteiger partial charge < -0.3 is 9.64 Å². The van der Waals surface area contributed by atoms with Gasteiger partial charge in [-0.2, -0.15) is 0 Å². The summed E-state index contributed by atoms with van der Waals surface area (Å²) < 4.78 is 6.51. The summed E-state index contributed by atoms with van der Waals surface area (Å²) in [4.78, 5) is 13.6. The lowest BCUT2D eigenvalue weighted by Gasteiger charge is -2.16.